The second kappa shape index (κ2) is 5.57. The molecule has 0 radical (unpaired) electrons. The van der Waals surface area contributed by atoms with Gasteiger partial charge >= 0.3 is 0 Å². The zero-order valence-electron chi connectivity index (χ0n) is 11.3. The van der Waals surface area contributed by atoms with E-state index in [0.717, 1.165) is 5.52 Å². The molecule has 0 saturated heterocycles. The lowest BCUT2D eigenvalue weighted by atomic mass is 10.2. The number of phenolic OH excluding ortho intramolecular Hbond substituents is 2. The monoisotopic (exact) mass is 296 g/mol. The van der Waals surface area contributed by atoms with E-state index in [1.165, 1.54) is 24.4 Å². The molecule has 1 amide bonds. The molecule has 1 aromatic heterocycles. The third kappa shape index (κ3) is 2.59. The summed E-state index contributed by atoms with van der Waals surface area (Å²) in [4.78, 5) is 12.0. The van der Waals surface area contributed by atoms with Crippen molar-refractivity contribution in [3.63, 3.8) is 0 Å². The fourth-order valence-corrected chi connectivity index (χ4v) is 1.99. The highest BCUT2D eigenvalue weighted by Crippen LogP contribution is 2.20. The van der Waals surface area contributed by atoms with Gasteiger partial charge in [0.25, 0.3) is 5.91 Å². The lowest BCUT2D eigenvalue weighted by Crippen LogP contribution is -2.18. The number of fused-ring (bicyclic) bond motifs is 1. The van der Waals surface area contributed by atoms with Gasteiger partial charge in [-0.3, -0.25) is 9.89 Å². The Bertz CT molecular complexity index is 870. The number of aromatic hydroxyl groups is 2. The quantitative estimate of drug-likeness (QED) is 0.436. The van der Waals surface area contributed by atoms with Crippen LogP contribution in [0.15, 0.2) is 47.6 Å². The molecule has 0 atom stereocenters. The van der Waals surface area contributed by atoms with E-state index >= 15 is 0 Å². The van der Waals surface area contributed by atoms with Crippen molar-refractivity contribution in [1.29, 1.82) is 0 Å². The Morgan fingerprint density at radius 1 is 1.23 bits per heavy atom. The van der Waals surface area contributed by atoms with Crippen LogP contribution >= 0.6 is 0 Å². The Balaban J connectivity index is 1.76. The van der Waals surface area contributed by atoms with Crippen LogP contribution in [0.3, 0.4) is 0 Å². The van der Waals surface area contributed by atoms with E-state index in [0.29, 0.717) is 10.9 Å². The fraction of sp³-hybridized carbons (Fsp3) is 0. The summed E-state index contributed by atoms with van der Waals surface area (Å²) in [7, 11) is 0. The number of para-hydroxylation sites is 1. The highest BCUT2D eigenvalue weighted by Gasteiger charge is 2.12. The van der Waals surface area contributed by atoms with Crippen LogP contribution in [0, 0.1) is 0 Å². The standard InChI is InChI=1S/C15H12N4O3/c20-10-6-5-9(13(21)7-10)8-16-19-15(22)14-11-3-1-2-4-12(11)17-18-14/h1-8,20-21H,(H,17,18)(H,19,22)/b16-8+. The average molecular weight is 296 g/mol. The van der Waals surface area contributed by atoms with Gasteiger partial charge in [-0.25, -0.2) is 5.43 Å². The molecule has 7 heteroatoms. The van der Waals surface area contributed by atoms with E-state index in [4.69, 9.17) is 0 Å². The molecule has 110 valence electrons. The van der Waals surface area contributed by atoms with Crippen molar-refractivity contribution in [3.05, 3.63) is 53.7 Å². The van der Waals surface area contributed by atoms with E-state index < -0.39 is 5.91 Å². The van der Waals surface area contributed by atoms with Crippen LogP contribution < -0.4 is 5.43 Å². The van der Waals surface area contributed by atoms with Crippen molar-refractivity contribution in [2.45, 2.75) is 0 Å². The van der Waals surface area contributed by atoms with E-state index in [9.17, 15) is 15.0 Å². The summed E-state index contributed by atoms with van der Waals surface area (Å²) in [5.74, 6) is -0.656. The molecule has 1 heterocycles. The van der Waals surface area contributed by atoms with Gasteiger partial charge in [0.1, 0.15) is 11.5 Å². The summed E-state index contributed by atoms with van der Waals surface area (Å²) in [5, 5.41) is 30.0. The topological polar surface area (TPSA) is 111 Å². The van der Waals surface area contributed by atoms with E-state index in [2.05, 4.69) is 20.7 Å². The maximum Gasteiger partial charge on any atom is 0.292 e. The van der Waals surface area contributed by atoms with Gasteiger partial charge in [-0.15, -0.1) is 0 Å². The second-order valence-electron chi connectivity index (χ2n) is 4.56. The van der Waals surface area contributed by atoms with Gasteiger partial charge < -0.3 is 10.2 Å². The number of hydrogen-bond acceptors (Lipinski definition) is 5. The number of amides is 1. The van der Waals surface area contributed by atoms with Crippen LogP contribution in [-0.4, -0.2) is 32.5 Å². The Morgan fingerprint density at radius 3 is 2.86 bits per heavy atom. The van der Waals surface area contributed by atoms with Crippen LogP contribution in [-0.2, 0) is 0 Å². The molecule has 2 aromatic carbocycles. The second-order valence-corrected chi connectivity index (χ2v) is 4.56. The number of hydrazone groups is 1. The number of nitrogens with zero attached hydrogens (tertiary/aromatic N) is 2. The van der Waals surface area contributed by atoms with E-state index in [1.54, 1.807) is 6.07 Å². The average Bonchev–Trinajstić information content (AvgIpc) is 2.93. The predicted molar refractivity (Wildman–Crippen MR) is 80.9 cm³/mol. The number of nitrogens with one attached hydrogen (secondary N) is 2. The predicted octanol–water partition coefficient (Wildman–Crippen LogP) is 1.74. The van der Waals surface area contributed by atoms with Gasteiger partial charge in [0.05, 0.1) is 11.7 Å². The number of aromatic nitrogens is 2. The molecule has 3 rings (SSSR count). The first kappa shape index (κ1) is 13.6. The minimum atomic E-state index is -0.466. The number of benzene rings is 2. The van der Waals surface area contributed by atoms with Crippen molar-refractivity contribution < 1.29 is 15.0 Å². The maximum absolute atomic E-state index is 12.0. The summed E-state index contributed by atoms with van der Waals surface area (Å²) in [6.45, 7) is 0. The number of phenols is 2. The van der Waals surface area contributed by atoms with E-state index in [1.807, 2.05) is 18.2 Å². The normalized spacial score (nSPS) is 11.1. The Hall–Kier alpha value is -3.35. The third-order valence-corrected chi connectivity index (χ3v) is 3.07. The molecule has 0 aliphatic rings. The van der Waals surface area contributed by atoms with Gasteiger partial charge in [-0.2, -0.15) is 10.2 Å². The highest BCUT2D eigenvalue weighted by atomic mass is 16.3. The van der Waals surface area contributed by atoms with Crippen molar-refractivity contribution in [2.24, 2.45) is 5.10 Å². The molecule has 0 saturated carbocycles. The summed E-state index contributed by atoms with van der Waals surface area (Å²) >= 11 is 0. The van der Waals surface area contributed by atoms with Crippen LogP contribution in [0.4, 0.5) is 0 Å². The lowest BCUT2D eigenvalue weighted by molar-refractivity contribution is 0.0951. The zero-order valence-corrected chi connectivity index (χ0v) is 11.3. The third-order valence-electron chi connectivity index (χ3n) is 3.07. The van der Waals surface area contributed by atoms with Gasteiger partial charge in [-0.05, 0) is 18.2 Å². The van der Waals surface area contributed by atoms with Crippen molar-refractivity contribution in [1.82, 2.24) is 15.6 Å². The minimum absolute atomic E-state index is 0.0540. The minimum Gasteiger partial charge on any atom is -0.508 e. The van der Waals surface area contributed by atoms with Gasteiger partial charge in [-0.1, -0.05) is 18.2 Å². The number of carbonyl (C=O) groups is 1. The molecule has 22 heavy (non-hydrogen) atoms. The van der Waals surface area contributed by atoms with Gasteiger partial charge in [0, 0.05) is 17.0 Å². The molecular formula is C15H12N4O3. The molecular weight excluding hydrogens is 284 g/mol. The van der Waals surface area contributed by atoms with Crippen LogP contribution in [0.2, 0.25) is 0 Å². The maximum atomic E-state index is 12.0. The highest BCUT2D eigenvalue weighted by molar-refractivity contribution is 6.04. The first-order valence-corrected chi connectivity index (χ1v) is 6.43. The first-order chi connectivity index (χ1) is 10.6. The number of hydrogen-bond donors (Lipinski definition) is 4. The number of rotatable bonds is 3. The summed E-state index contributed by atoms with van der Waals surface area (Å²) in [6.07, 6.45) is 1.28. The molecule has 3 aromatic rings. The Kier molecular flexibility index (Phi) is 3.45. The van der Waals surface area contributed by atoms with Crippen molar-refractivity contribution in [3.8, 4) is 11.5 Å². The molecule has 0 aliphatic carbocycles. The summed E-state index contributed by atoms with van der Waals surface area (Å²) in [6, 6.07) is 11.3. The Morgan fingerprint density at radius 2 is 2.05 bits per heavy atom. The Labute approximate surface area is 124 Å². The molecule has 7 nitrogen and oxygen atoms in total. The number of carbonyl (C=O) groups excluding carboxylic acids is 1. The number of H-pyrrole nitrogens is 1. The van der Waals surface area contributed by atoms with Crippen LogP contribution in [0.25, 0.3) is 10.9 Å². The van der Waals surface area contributed by atoms with Gasteiger partial charge in [0.15, 0.2) is 5.69 Å². The van der Waals surface area contributed by atoms with Gasteiger partial charge in [0.2, 0.25) is 0 Å². The lowest BCUT2D eigenvalue weighted by Gasteiger charge is -1.99. The SMILES string of the molecule is O=C(N/N=C/c1ccc(O)cc1O)c1n[nH]c2ccccc12. The summed E-state index contributed by atoms with van der Waals surface area (Å²) in [5.41, 5.74) is 3.70. The number of aromatic amines is 1. The largest absolute Gasteiger partial charge is 0.508 e. The van der Waals surface area contributed by atoms with Crippen LogP contribution in [0.5, 0.6) is 11.5 Å². The smallest absolute Gasteiger partial charge is 0.292 e. The molecule has 0 bridgehead atoms. The van der Waals surface area contributed by atoms with Crippen molar-refractivity contribution >= 4 is 23.0 Å². The van der Waals surface area contributed by atoms with Crippen LogP contribution in [0.1, 0.15) is 16.1 Å². The fourth-order valence-electron chi connectivity index (χ4n) is 1.99. The molecule has 0 aliphatic heterocycles. The molecule has 0 unspecified atom stereocenters. The molecule has 4 N–H and O–H groups in total. The van der Waals surface area contributed by atoms with E-state index in [-0.39, 0.29) is 17.2 Å². The van der Waals surface area contributed by atoms with Crippen molar-refractivity contribution in [2.75, 3.05) is 0 Å². The molecule has 0 spiro atoms. The molecule has 0 fully saturated rings. The summed E-state index contributed by atoms with van der Waals surface area (Å²) < 4.78 is 0. The first-order valence-electron chi connectivity index (χ1n) is 6.43. The zero-order chi connectivity index (χ0) is 15.5.